The highest BCUT2D eigenvalue weighted by molar-refractivity contribution is 7.99. The topological polar surface area (TPSA) is 41.6 Å². The van der Waals surface area contributed by atoms with Gasteiger partial charge in [0.25, 0.3) is 5.91 Å². The summed E-state index contributed by atoms with van der Waals surface area (Å²) < 4.78 is 5.47. The van der Waals surface area contributed by atoms with E-state index in [1.807, 2.05) is 30.0 Å². The lowest BCUT2D eigenvalue weighted by Crippen LogP contribution is -2.32. The van der Waals surface area contributed by atoms with Crippen LogP contribution in [0.2, 0.25) is 5.02 Å². The van der Waals surface area contributed by atoms with Crippen molar-refractivity contribution in [3.63, 3.8) is 0 Å². The molecule has 1 aliphatic heterocycles. The molecular weight excluding hydrogens is 356 g/mol. The first kappa shape index (κ1) is 18.1. The summed E-state index contributed by atoms with van der Waals surface area (Å²) in [5.74, 6) is 2.83. The average molecular weight is 377 g/mol. The summed E-state index contributed by atoms with van der Waals surface area (Å²) in [6.45, 7) is 3.13. The monoisotopic (exact) mass is 376 g/mol. The highest BCUT2D eigenvalue weighted by Gasteiger charge is 2.11. The van der Waals surface area contributed by atoms with Gasteiger partial charge in [-0.05, 0) is 42.0 Å². The molecule has 1 amide bonds. The van der Waals surface area contributed by atoms with Gasteiger partial charge in [0.1, 0.15) is 5.75 Å². The third kappa shape index (κ3) is 5.96. The third-order valence-electron chi connectivity index (χ3n) is 3.90. The van der Waals surface area contributed by atoms with Gasteiger partial charge in [0, 0.05) is 41.8 Å². The lowest BCUT2D eigenvalue weighted by Gasteiger charge is -2.26. The normalized spacial score (nSPS) is 14.9. The van der Waals surface area contributed by atoms with Crippen molar-refractivity contribution in [1.82, 2.24) is 4.90 Å². The molecule has 6 heteroatoms. The lowest BCUT2D eigenvalue weighted by atomic mass is 10.2. The maximum Gasteiger partial charge on any atom is 0.262 e. The first-order valence-corrected chi connectivity index (χ1v) is 9.79. The molecule has 0 bridgehead atoms. The predicted molar refractivity (Wildman–Crippen MR) is 105 cm³/mol. The fraction of sp³-hybridized carbons (Fsp3) is 0.316. The Morgan fingerprint density at radius 3 is 2.68 bits per heavy atom. The molecule has 0 atom stereocenters. The summed E-state index contributed by atoms with van der Waals surface area (Å²) in [6.07, 6.45) is 0. The highest BCUT2D eigenvalue weighted by atomic mass is 35.5. The molecule has 0 aromatic heterocycles. The Morgan fingerprint density at radius 1 is 1.16 bits per heavy atom. The second kappa shape index (κ2) is 9.13. The second-order valence-corrected chi connectivity index (χ2v) is 7.54. The Bertz CT molecular complexity index is 703. The van der Waals surface area contributed by atoms with Crippen LogP contribution in [0.5, 0.6) is 5.75 Å². The summed E-state index contributed by atoms with van der Waals surface area (Å²) in [5.41, 5.74) is 2.01. The molecule has 1 saturated heterocycles. The Hall–Kier alpha value is -1.69. The van der Waals surface area contributed by atoms with E-state index >= 15 is 0 Å². The Labute approximate surface area is 157 Å². The summed E-state index contributed by atoms with van der Waals surface area (Å²) in [7, 11) is 0. The fourth-order valence-corrected chi connectivity index (χ4v) is 3.75. The van der Waals surface area contributed by atoms with E-state index in [2.05, 4.69) is 16.3 Å². The lowest BCUT2D eigenvalue weighted by molar-refractivity contribution is -0.118. The third-order valence-corrected chi connectivity index (χ3v) is 5.10. The average Bonchev–Trinajstić information content (AvgIpc) is 2.62. The van der Waals surface area contributed by atoms with Crippen LogP contribution < -0.4 is 10.1 Å². The van der Waals surface area contributed by atoms with E-state index in [4.69, 9.17) is 16.3 Å². The number of nitrogens with zero attached hydrogens (tertiary/aromatic N) is 1. The van der Waals surface area contributed by atoms with Crippen molar-refractivity contribution in [2.45, 2.75) is 6.54 Å². The van der Waals surface area contributed by atoms with Gasteiger partial charge < -0.3 is 10.1 Å². The van der Waals surface area contributed by atoms with Gasteiger partial charge in [-0.3, -0.25) is 9.69 Å². The van der Waals surface area contributed by atoms with Gasteiger partial charge in [-0.2, -0.15) is 11.8 Å². The molecular formula is C19H21ClN2O2S. The van der Waals surface area contributed by atoms with Crippen LogP contribution in [0.3, 0.4) is 0 Å². The van der Waals surface area contributed by atoms with Crippen LogP contribution in [-0.4, -0.2) is 42.0 Å². The first-order valence-electron chi connectivity index (χ1n) is 8.26. The predicted octanol–water partition coefficient (Wildman–Crippen LogP) is 3.91. The van der Waals surface area contributed by atoms with Gasteiger partial charge in [0.05, 0.1) is 0 Å². The molecule has 132 valence electrons. The number of hydrogen-bond donors (Lipinski definition) is 1. The molecule has 0 unspecified atom stereocenters. The fourth-order valence-electron chi connectivity index (χ4n) is 2.64. The molecule has 0 aliphatic carbocycles. The van der Waals surface area contributed by atoms with Crippen molar-refractivity contribution in [2.24, 2.45) is 0 Å². The molecule has 1 heterocycles. The number of amides is 1. The van der Waals surface area contributed by atoms with Crippen LogP contribution in [0, 0.1) is 0 Å². The van der Waals surface area contributed by atoms with Crippen molar-refractivity contribution in [3.8, 4) is 5.75 Å². The van der Waals surface area contributed by atoms with Gasteiger partial charge in [0.2, 0.25) is 0 Å². The SMILES string of the molecule is O=C(COc1ccc(Cl)cc1)Nc1cccc(CN2CCSCC2)c1. The van der Waals surface area contributed by atoms with Crippen LogP contribution in [0.25, 0.3) is 0 Å². The van der Waals surface area contributed by atoms with Crippen molar-refractivity contribution in [1.29, 1.82) is 0 Å². The molecule has 2 aromatic carbocycles. The van der Waals surface area contributed by atoms with Crippen molar-refractivity contribution >= 4 is 35.0 Å². The number of thioether (sulfide) groups is 1. The summed E-state index contributed by atoms with van der Waals surface area (Å²) in [6, 6.07) is 15.0. The zero-order chi connectivity index (χ0) is 17.5. The van der Waals surface area contributed by atoms with Crippen molar-refractivity contribution in [3.05, 3.63) is 59.1 Å². The highest BCUT2D eigenvalue weighted by Crippen LogP contribution is 2.17. The van der Waals surface area contributed by atoms with E-state index < -0.39 is 0 Å². The van der Waals surface area contributed by atoms with Crippen molar-refractivity contribution < 1.29 is 9.53 Å². The second-order valence-electron chi connectivity index (χ2n) is 5.88. The molecule has 1 N–H and O–H groups in total. The quantitative estimate of drug-likeness (QED) is 0.830. The minimum absolute atomic E-state index is 0.0325. The molecule has 0 saturated carbocycles. The van der Waals surface area contributed by atoms with Crippen LogP contribution >= 0.6 is 23.4 Å². The molecule has 2 aromatic rings. The molecule has 0 radical (unpaired) electrons. The number of halogens is 1. The molecule has 1 fully saturated rings. The van der Waals surface area contributed by atoms with Crippen LogP contribution in [0.4, 0.5) is 5.69 Å². The van der Waals surface area contributed by atoms with E-state index in [0.29, 0.717) is 10.8 Å². The molecule has 25 heavy (non-hydrogen) atoms. The zero-order valence-corrected chi connectivity index (χ0v) is 15.5. The standard InChI is InChI=1S/C19H21ClN2O2S/c20-16-4-6-18(7-5-16)24-14-19(23)21-17-3-1-2-15(12-17)13-22-8-10-25-11-9-22/h1-7,12H,8-11,13-14H2,(H,21,23). The van der Waals surface area contributed by atoms with E-state index in [1.165, 1.54) is 17.1 Å². The Balaban J connectivity index is 1.50. The minimum atomic E-state index is -0.179. The zero-order valence-electron chi connectivity index (χ0n) is 13.9. The summed E-state index contributed by atoms with van der Waals surface area (Å²) in [4.78, 5) is 14.5. The largest absolute Gasteiger partial charge is 0.484 e. The smallest absolute Gasteiger partial charge is 0.262 e. The number of anilines is 1. The van der Waals surface area contributed by atoms with Crippen LogP contribution in [-0.2, 0) is 11.3 Å². The minimum Gasteiger partial charge on any atom is -0.484 e. The van der Waals surface area contributed by atoms with Gasteiger partial charge in [-0.25, -0.2) is 0 Å². The first-order chi connectivity index (χ1) is 12.2. The van der Waals surface area contributed by atoms with Crippen molar-refractivity contribution in [2.75, 3.05) is 36.5 Å². The summed E-state index contributed by atoms with van der Waals surface area (Å²) in [5, 5.41) is 3.53. The number of hydrogen-bond acceptors (Lipinski definition) is 4. The number of nitrogens with one attached hydrogen (secondary N) is 1. The maximum atomic E-state index is 12.1. The van der Waals surface area contributed by atoms with Gasteiger partial charge in [-0.1, -0.05) is 23.7 Å². The molecule has 3 rings (SSSR count). The Morgan fingerprint density at radius 2 is 1.92 bits per heavy atom. The van der Waals surface area contributed by atoms with E-state index in [9.17, 15) is 4.79 Å². The van der Waals surface area contributed by atoms with Gasteiger partial charge in [-0.15, -0.1) is 0 Å². The van der Waals surface area contributed by atoms with Crippen LogP contribution in [0.1, 0.15) is 5.56 Å². The number of ether oxygens (including phenoxy) is 1. The molecule has 4 nitrogen and oxygen atoms in total. The number of carbonyl (C=O) groups excluding carboxylic acids is 1. The molecule has 1 aliphatic rings. The van der Waals surface area contributed by atoms with Gasteiger partial charge in [0.15, 0.2) is 6.61 Å². The summed E-state index contributed by atoms with van der Waals surface area (Å²) >= 11 is 7.83. The van der Waals surface area contributed by atoms with Gasteiger partial charge >= 0.3 is 0 Å². The maximum absolute atomic E-state index is 12.1. The van der Waals surface area contributed by atoms with E-state index in [-0.39, 0.29) is 12.5 Å². The Kier molecular flexibility index (Phi) is 6.62. The van der Waals surface area contributed by atoms with E-state index in [0.717, 1.165) is 25.3 Å². The van der Waals surface area contributed by atoms with Crippen LogP contribution in [0.15, 0.2) is 48.5 Å². The molecule has 0 spiro atoms. The number of benzene rings is 2. The number of rotatable bonds is 6. The number of carbonyl (C=O) groups is 1. The van der Waals surface area contributed by atoms with E-state index in [1.54, 1.807) is 24.3 Å².